The van der Waals surface area contributed by atoms with Crippen molar-refractivity contribution in [3.8, 4) is 5.75 Å². The van der Waals surface area contributed by atoms with Gasteiger partial charge in [0.15, 0.2) is 0 Å². The first-order chi connectivity index (χ1) is 16.2. The van der Waals surface area contributed by atoms with Gasteiger partial charge in [-0.1, -0.05) is 18.2 Å². The first kappa shape index (κ1) is 25.1. The highest BCUT2D eigenvalue weighted by Crippen LogP contribution is 2.41. The molecule has 0 aromatic heterocycles. The normalized spacial score (nSPS) is 17.9. The van der Waals surface area contributed by atoms with E-state index >= 15 is 0 Å². The van der Waals surface area contributed by atoms with E-state index in [2.05, 4.69) is 4.99 Å². The summed E-state index contributed by atoms with van der Waals surface area (Å²) in [6.07, 6.45) is -0.448. The Bertz CT molecular complexity index is 1110. The van der Waals surface area contributed by atoms with E-state index in [0.717, 1.165) is 18.2 Å². The summed E-state index contributed by atoms with van der Waals surface area (Å²) in [7, 11) is 0. The molecule has 0 amide bonds. The van der Waals surface area contributed by atoms with Gasteiger partial charge in [-0.2, -0.15) is 0 Å². The van der Waals surface area contributed by atoms with Crippen molar-refractivity contribution in [2.45, 2.75) is 39.7 Å². The van der Waals surface area contributed by atoms with Gasteiger partial charge >= 0.3 is 11.9 Å². The molecule has 8 heteroatoms. The van der Waals surface area contributed by atoms with Crippen molar-refractivity contribution in [3.05, 3.63) is 77.0 Å². The molecule has 180 valence electrons. The first-order valence-electron chi connectivity index (χ1n) is 11.0. The Morgan fingerprint density at radius 3 is 2.41 bits per heavy atom. The van der Waals surface area contributed by atoms with Crippen molar-refractivity contribution in [3.63, 3.8) is 0 Å². The van der Waals surface area contributed by atoms with E-state index in [4.69, 9.17) is 14.2 Å². The van der Waals surface area contributed by atoms with Crippen LogP contribution in [0.1, 0.15) is 39.2 Å². The van der Waals surface area contributed by atoms with Crippen LogP contribution in [0.25, 0.3) is 0 Å². The Kier molecular flexibility index (Phi) is 8.15. The maximum Gasteiger partial charge on any atom is 0.336 e. The van der Waals surface area contributed by atoms with E-state index < -0.39 is 41.5 Å². The van der Waals surface area contributed by atoms with Gasteiger partial charge in [0.25, 0.3) is 0 Å². The number of carbonyl (C=O) groups is 2. The summed E-state index contributed by atoms with van der Waals surface area (Å²) in [5, 5.41) is 0. The zero-order valence-corrected chi connectivity index (χ0v) is 19.5. The van der Waals surface area contributed by atoms with Crippen molar-refractivity contribution >= 4 is 17.7 Å². The summed E-state index contributed by atoms with van der Waals surface area (Å²) in [4.78, 5) is 30.4. The molecule has 1 aliphatic rings. The van der Waals surface area contributed by atoms with Gasteiger partial charge in [-0.15, -0.1) is 0 Å². The number of carbonyl (C=O) groups excluding carboxylic acids is 2. The standard InChI is InChI=1S/C26H27F2NO5/c1-15(2)34-26(31)23-17(4)29-16(3)22(24(23)20-14-18(27)10-11-21(20)28)25(30)33-13-12-32-19-8-6-5-7-9-19/h5-11,14-15,23-24H,12-13H2,1-4H3. The van der Waals surface area contributed by atoms with E-state index in [1.165, 1.54) is 0 Å². The van der Waals surface area contributed by atoms with Crippen LogP contribution in [0.5, 0.6) is 5.75 Å². The third kappa shape index (κ3) is 5.87. The maximum atomic E-state index is 14.9. The largest absolute Gasteiger partial charge is 0.490 e. The monoisotopic (exact) mass is 471 g/mol. The van der Waals surface area contributed by atoms with Gasteiger partial charge in [0, 0.05) is 17.3 Å². The van der Waals surface area contributed by atoms with Crippen LogP contribution in [0.3, 0.4) is 0 Å². The molecule has 6 nitrogen and oxygen atoms in total. The topological polar surface area (TPSA) is 74.2 Å². The summed E-state index contributed by atoms with van der Waals surface area (Å²) in [6.45, 7) is 6.50. The molecule has 0 radical (unpaired) electrons. The van der Waals surface area contributed by atoms with E-state index in [-0.39, 0.29) is 30.0 Å². The van der Waals surface area contributed by atoms with Crippen molar-refractivity contribution in [1.82, 2.24) is 0 Å². The molecule has 3 rings (SSSR count). The molecule has 0 fully saturated rings. The molecule has 0 spiro atoms. The predicted octanol–water partition coefficient (Wildman–Crippen LogP) is 4.99. The number of aliphatic imine (C=N–C) groups is 1. The van der Waals surface area contributed by atoms with Crippen LogP contribution in [0.15, 0.2) is 64.8 Å². The Labute approximate surface area is 197 Å². The number of rotatable bonds is 8. The van der Waals surface area contributed by atoms with E-state index in [1.54, 1.807) is 39.8 Å². The van der Waals surface area contributed by atoms with Crippen LogP contribution in [0.4, 0.5) is 8.78 Å². The fraction of sp³-hybridized carbons (Fsp3) is 0.346. The SMILES string of the molecule is CC1=NC(C)=C(C(=O)OCCOc2ccccc2)C(c2cc(F)ccc2F)C1C(=O)OC(C)C. The lowest BCUT2D eigenvalue weighted by molar-refractivity contribution is -0.150. The van der Waals surface area contributed by atoms with Gasteiger partial charge in [-0.25, -0.2) is 13.6 Å². The number of ether oxygens (including phenoxy) is 3. The highest BCUT2D eigenvalue weighted by molar-refractivity contribution is 6.07. The van der Waals surface area contributed by atoms with Crippen molar-refractivity contribution in [1.29, 1.82) is 0 Å². The number of hydrogen-bond acceptors (Lipinski definition) is 6. The van der Waals surface area contributed by atoms with Crippen molar-refractivity contribution in [2.75, 3.05) is 13.2 Å². The molecule has 1 aliphatic heterocycles. The Balaban J connectivity index is 1.91. The van der Waals surface area contributed by atoms with Gasteiger partial charge in [0.1, 0.15) is 36.5 Å². The van der Waals surface area contributed by atoms with Crippen molar-refractivity contribution in [2.24, 2.45) is 10.9 Å². The molecule has 34 heavy (non-hydrogen) atoms. The van der Waals surface area contributed by atoms with Crippen LogP contribution in [-0.2, 0) is 19.1 Å². The number of hydrogen-bond donors (Lipinski definition) is 0. The fourth-order valence-corrected chi connectivity index (χ4v) is 3.89. The third-order valence-electron chi connectivity index (χ3n) is 5.28. The summed E-state index contributed by atoms with van der Waals surface area (Å²) in [6, 6.07) is 11.9. The molecule has 0 aliphatic carbocycles. The summed E-state index contributed by atoms with van der Waals surface area (Å²) < 4.78 is 45.3. The molecule has 1 heterocycles. The fourth-order valence-electron chi connectivity index (χ4n) is 3.89. The zero-order valence-electron chi connectivity index (χ0n) is 19.5. The lowest BCUT2D eigenvalue weighted by atomic mass is 9.75. The predicted molar refractivity (Wildman–Crippen MR) is 123 cm³/mol. The second-order valence-corrected chi connectivity index (χ2v) is 8.16. The number of allylic oxidation sites excluding steroid dienone is 1. The molecule has 2 unspecified atom stereocenters. The first-order valence-corrected chi connectivity index (χ1v) is 11.0. The van der Waals surface area contributed by atoms with Crippen LogP contribution in [0.2, 0.25) is 0 Å². The summed E-state index contributed by atoms with van der Waals surface area (Å²) in [5.41, 5.74) is 0.418. The lowest BCUT2D eigenvalue weighted by Gasteiger charge is -2.32. The van der Waals surface area contributed by atoms with Crippen LogP contribution in [0, 0.1) is 17.6 Å². The number of esters is 2. The maximum absolute atomic E-state index is 14.9. The minimum atomic E-state index is -1.16. The molecular weight excluding hydrogens is 444 g/mol. The van der Waals surface area contributed by atoms with Gasteiger partial charge in [-0.3, -0.25) is 9.79 Å². The summed E-state index contributed by atoms with van der Waals surface area (Å²) >= 11 is 0. The van der Waals surface area contributed by atoms with E-state index in [9.17, 15) is 18.4 Å². The van der Waals surface area contributed by atoms with Crippen LogP contribution in [-0.4, -0.2) is 37.0 Å². The minimum Gasteiger partial charge on any atom is -0.490 e. The molecule has 2 aromatic rings. The Hall–Kier alpha value is -3.55. The molecule has 0 bridgehead atoms. The van der Waals surface area contributed by atoms with E-state index in [1.807, 2.05) is 18.2 Å². The zero-order chi connectivity index (χ0) is 24.8. The second-order valence-electron chi connectivity index (χ2n) is 8.16. The molecule has 0 saturated heterocycles. The van der Waals surface area contributed by atoms with Gasteiger partial charge in [0.2, 0.25) is 0 Å². The van der Waals surface area contributed by atoms with E-state index in [0.29, 0.717) is 11.5 Å². The molecule has 0 N–H and O–H groups in total. The third-order valence-corrected chi connectivity index (χ3v) is 5.28. The molecular formula is C26H27F2NO5. The highest BCUT2D eigenvalue weighted by atomic mass is 19.1. The lowest BCUT2D eigenvalue weighted by Crippen LogP contribution is -2.38. The number of para-hydroxylation sites is 1. The van der Waals surface area contributed by atoms with Crippen molar-refractivity contribution < 1.29 is 32.6 Å². The molecule has 2 atom stereocenters. The summed E-state index contributed by atoms with van der Waals surface area (Å²) in [5.74, 6) is -4.60. The van der Waals surface area contributed by atoms with Gasteiger partial charge < -0.3 is 14.2 Å². The number of halogens is 2. The minimum absolute atomic E-state index is 0.0273. The number of benzene rings is 2. The number of nitrogens with zero attached hydrogens (tertiary/aromatic N) is 1. The van der Waals surface area contributed by atoms with Crippen LogP contribution < -0.4 is 4.74 Å². The molecule has 2 aromatic carbocycles. The smallest absolute Gasteiger partial charge is 0.336 e. The second kappa shape index (κ2) is 11.0. The van der Waals surface area contributed by atoms with Gasteiger partial charge in [-0.05, 0) is 63.6 Å². The Morgan fingerprint density at radius 1 is 1.03 bits per heavy atom. The average Bonchev–Trinajstić information content (AvgIpc) is 2.77. The van der Waals surface area contributed by atoms with Crippen LogP contribution >= 0.6 is 0 Å². The molecule has 0 saturated carbocycles. The highest BCUT2D eigenvalue weighted by Gasteiger charge is 2.44. The average molecular weight is 472 g/mol. The van der Waals surface area contributed by atoms with Gasteiger partial charge in [0.05, 0.1) is 11.7 Å². The quantitative estimate of drug-likeness (QED) is 0.401. The Morgan fingerprint density at radius 2 is 1.74 bits per heavy atom.